The third-order valence-electron chi connectivity index (χ3n) is 11.1. The third-order valence-corrected chi connectivity index (χ3v) is 13.1. The molecule has 62 heavy (non-hydrogen) atoms. The molecule has 2 aliphatic rings. The summed E-state index contributed by atoms with van der Waals surface area (Å²) >= 11 is 14.7. The van der Waals surface area contributed by atoms with E-state index < -0.39 is 6.61 Å². The molecule has 334 valence electrons. The zero-order chi connectivity index (χ0) is 44.2. The van der Waals surface area contributed by atoms with Crippen molar-refractivity contribution in [1.29, 1.82) is 0 Å². The summed E-state index contributed by atoms with van der Waals surface area (Å²) in [6.07, 6.45) is 13.0. The smallest absolute Gasteiger partial charge is 0.248 e. The summed E-state index contributed by atoms with van der Waals surface area (Å²) < 4.78 is 1.78. The Balaban J connectivity index is 0.808. The first-order valence-electron chi connectivity index (χ1n) is 21.4. The Morgan fingerprint density at radius 3 is 2.47 bits per heavy atom. The second kappa shape index (κ2) is 22.6. The van der Waals surface area contributed by atoms with E-state index in [0.717, 1.165) is 70.6 Å². The maximum atomic E-state index is 12.8. The summed E-state index contributed by atoms with van der Waals surface area (Å²) in [5.41, 5.74) is 4.11. The first kappa shape index (κ1) is 46.8. The Morgan fingerprint density at radius 2 is 1.69 bits per heavy atom. The molecule has 0 bridgehead atoms. The summed E-state index contributed by atoms with van der Waals surface area (Å²) in [6, 6.07) is 7.57. The molecule has 1 fully saturated rings. The lowest BCUT2D eigenvalue weighted by molar-refractivity contribution is -0.135. The highest BCUT2D eigenvalue weighted by Crippen LogP contribution is 2.42. The number of nitrogens with one attached hydrogen (secondary N) is 3. The van der Waals surface area contributed by atoms with Gasteiger partial charge in [0.15, 0.2) is 0 Å². The molecule has 1 aromatic carbocycles. The number of likely N-dealkylation sites (N-methyl/N-ethyl adjacent to an activating group) is 1. The van der Waals surface area contributed by atoms with Crippen LogP contribution in [0.3, 0.4) is 0 Å². The molecule has 18 heteroatoms. The number of aromatic amines is 1. The number of piperazine rings is 1. The van der Waals surface area contributed by atoms with Crippen LogP contribution in [0.15, 0.2) is 42.6 Å². The molecule has 0 spiro atoms. The van der Waals surface area contributed by atoms with Gasteiger partial charge < -0.3 is 40.3 Å². The van der Waals surface area contributed by atoms with E-state index in [-0.39, 0.29) is 36.1 Å². The summed E-state index contributed by atoms with van der Waals surface area (Å²) in [6.45, 7) is 3.51. The van der Waals surface area contributed by atoms with Crippen LogP contribution in [-0.2, 0) is 49.9 Å². The number of H-pyrrole nitrogens is 1. The monoisotopic (exact) mass is 909 g/mol. The molecule has 0 unspecified atom stereocenters. The van der Waals surface area contributed by atoms with Crippen molar-refractivity contribution in [3.05, 3.63) is 68.8 Å². The normalized spacial score (nSPS) is 14.4. The topological polar surface area (TPSA) is 176 Å². The van der Waals surface area contributed by atoms with Gasteiger partial charge in [-0.05, 0) is 57.6 Å². The molecular weight excluding hydrogens is 854 g/mol. The number of halogens is 2. The van der Waals surface area contributed by atoms with Gasteiger partial charge >= 0.3 is 0 Å². The Bertz CT molecular complexity index is 2250. The Labute approximate surface area is 376 Å². The highest BCUT2D eigenvalue weighted by atomic mass is 35.5. The summed E-state index contributed by atoms with van der Waals surface area (Å²) in [4.78, 5) is 73.9. The number of benzene rings is 1. The molecule has 0 saturated carbocycles. The Morgan fingerprint density at radius 1 is 0.935 bits per heavy atom. The zero-order valence-electron chi connectivity index (χ0n) is 35.5. The van der Waals surface area contributed by atoms with E-state index in [1.807, 2.05) is 43.4 Å². The first-order valence-corrected chi connectivity index (χ1v) is 23.0. The number of anilines is 1. The second-order valence-corrected chi connectivity index (χ2v) is 18.0. The number of aliphatic hydroxyl groups excluding tert-OH is 1. The van der Waals surface area contributed by atoms with E-state index in [4.69, 9.17) is 28.3 Å². The van der Waals surface area contributed by atoms with Crippen molar-refractivity contribution in [3.8, 4) is 11.3 Å². The maximum absolute atomic E-state index is 12.8. The van der Waals surface area contributed by atoms with Crippen LogP contribution in [-0.4, -0.2) is 131 Å². The SMILES string of the molecule is CN(C)C/C=C/C(=O)N1CCN(c2ccc(CCC(=O)NCCCCCCCCC(=O)NCCn3ccc(-c4cc(Cl)c(Cl)c5[nH]c6c(c45)CN(C(=O)CO)CC6)n3)s2)C(=O)C1. The van der Waals surface area contributed by atoms with E-state index in [9.17, 15) is 29.1 Å². The molecule has 0 radical (unpaired) electrons. The number of carbonyl (C=O) groups is 5. The molecule has 6 rings (SSSR count). The van der Waals surface area contributed by atoms with Crippen LogP contribution in [0.2, 0.25) is 10.0 Å². The fourth-order valence-corrected chi connectivity index (χ4v) is 9.21. The molecule has 5 heterocycles. The minimum atomic E-state index is -0.542. The summed E-state index contributed by atoms with van der Waals surface area (Å²) in [5, 5.41) is 22.7. The zero-order valence-corrected chi connectivity index (χ0v) is 37.8. The van der Waals surface area contributed by atoms with Crippen molar-refractivity contribution in [2.24, 2.45) is 0 Å². The van der Waals surface area contributed by atoms with Gasteiger partial charge in [0.05, 0.1) is 32.8 Å². The van der Waals surface area contributed by atoms with Gasteiger partial charge in [-0.2, -0.15) is 5.10 Å². The van der Waals surface area contributed by atoms with Crippen LogP contribution in [0.5, 0.6) is 0 Å². The minimum absolute atomic E-state index is 0.00923. The van der Waals surface area contributed by atoms with Gasteiger partial charge in [-0.15, -0.1) is 11.3 Å². The first-order chi connectivity index (χ1) is 29.9. The number of hydrogen-bond donors (Lipinski definition) is 4. The predicted octanol–water partition coefficient (Wildman–Crippen LogP) is 5.17. The van der Waals surface area contributed by atoms with Crippen LogP contribution >= 0.6 is 34.5 Å². The van der Waals surface area contributed by atoms with Crippen molar-refractivity contribution in [1.82, 2.24) is 40.1 Å². The van der Waals surface area contributed by atoms with Gasteiger partial charge in [0.2, 0.25) is 29.5 Å². The van der Waals surface area contributed by atoms with Crippen LogP contribution in [0, 0.1) is 0 Å². The van der Waals surface area contributed by atoms with Gasteiger partial charge in [0.1, 0.15) is 13.2 Å². The number of aryl methyl sites for hydroxylation is 1. The average molecular weight is 911 g/mol. The second-order valence-electron chi connectivity index (χ2n) is 16.0. The van der Waals surface area contributed by atoms with Crippen LogP contribution in [0.1, 0.15) is 67.5 Å². The maximum Gasteiger partial charge on any atom is 0.248 e. The molecular formula is C44H57Cl2N9O6S. The summed E-state index contributed by atoms with van der Waals surface area (Å²) in [5.74, 6) is -0.556. The van der Waals surface area contributed by atoms with Gasteiger partial charge in [0, 0.05) is 104 Å². The van der Waals surface area contributed by atoms with Crippen molar-refractivity contribution in [2.75, 3.05) is 71.4 Å². The number of aromatic nitrogens is 3. The number of fused-ring (bicyclic) bond motifs is 3. The Kier molecular flexibility index (Phi) is 17.0. The van der Waals surface area contributed by atoms with Gasteiger partial charge in [-0.25, -0.2) is 0 Å². The lowest BCUT2D eigenvalue weighted by Crippen LogP contribution is -2.51. The summed E-state index contributed by atoms with van der Waals surface area (Å²) in [7, 11) is 3.86. The molecule has 4 N–H and O–H groups in total. The number of unbranched alkanes of at least 4 members (excludes halogenated alkanes) is 5. The molecule has 5 amide bonds. The lowest BCUT2D eigenvalue weighted by atomic mass is 9.99. The van der Waals surface area contributed by atoms with E-state index in [2.05, 4.69) is 15.6 Å². The van der Waals surface area contributed by atoms with E-state index in [0.29, 0.717) is 99.3 Å². The van der Waals surface area contributed by atoms with Crippen LogP contribution in [0.4, 0.5) is 5.00 Å². The Hall–Kier alpha value is -4.74. The number of rotatable bonds is 21. The predicted molar refractivity (Wildman–Crippen MR) is 243 cm³/mol. The fraction of sp³-hybridized carbons (Fsp3) is 0.500. The molecule has 2 aliphatic heterocycles. The largest absolute Gasteiger partial charge is 0.387 e. The van der Waals surface area contributed by atoms with E-state index >= 15 is 0 Å². The van der Waals surface area contributed by atoms with Gasteiger partial charge in [0.25, 0.3) is 0 Å². The van der Waals surface area contributed by atoms with Crippen molar-refractivity contribution in [3.63, 3.8) is 0 Å². The number of amides is 5. The molecule has 0 atom stereocenters. The quantitative estimate of drug-likeness (QED) is 0.0655. The molecule has 3 aromatic heterocycles. The minimum Gasteiger partial charge on any atom is -0.387 e. The number of nitrogens with zero attached hydrogens (tertiary/aromatic N) is 6. The van der Waals surface area contributed by atoms with E-state index in [1.165, 1.54) is 17.4 Å². The fourth-order valence-electron chi connectivity index (χ4n) is 7.76. The molecule has 15 nitrogen and oxygen atoms in total. The van der Waals surface area contributed by atoms with Gasteiger partial charge in [-0.3, -0.25) is 28.7 Å². The number of aliphatic hydroxyl groups is 1. The van der Waals surface area contributed by atoms with Crippen molar-refractivity contribution in [2.45, 2.75) is 77.3 Å². The molecule has 4 aromatic rings. The standard InChI is InChI=1S/C44H57Cl2N9O6S/c1-51(2)20-9-11-38(59)53-24-25-55(39(60)28-53)41-15-13-30(62-41)12-14-37(58)47-18-8-6-4-3-5-7-10-36(57)48-19-23-54-22-17-35(50-54)31-26-33(45)43(46)44-42(31)32-27-52(40(61)29-56)21-16-34(32)49-44/h9,11,13,15,17,22,26,49,56H,3-8,10,12,14,16,18-21,23-25,27-29H2,1-2H3,(H,47,58)(H,48,57)/b11-9+. The number of thiophene rings is 1. The molecule has 1 saturated heterocycles. The number of carbonyl (C=O) groups excluding carboxylic acids is 5. The van der Waals surface area contributed by atoms with E-state index in [1.54, 1.807) is 31.5 Å². The average Bonchev–Trinajstić information content (AvgIpc) is 4.02. The third kappa shape index (κ3) is 12.5. The van der Waals surface area contributed by atoms with Crippen molar-refractivity contribution < 1.29 is 29.1 Å². The molecule has 0 aliphatic carbocycles. The van der Waals surface area contributed by atoms with Crippen LogP contribution < -0.4 is 15.5 Å². The highest BCUT2D eigenvalue weighted by Gasteiger charge is 2.29. The van der Waals surface area contributed by atoms with Gasteiger partial charge in [-0.1, -0.05) is 55.0 Å². The van der Waals surface area contributed by atoms with Crippen LogP contribution in [0.25, 0.3) is 22.2 Å². The number of hydrogen-bond acceptors (Lipinski definition) is 9. The highest BCUT2D eigenvalue weighted by molar-refractivity contribution is 7.16. The van der Waals surface area contributed by atoms with Crippen molar-refractivity contribution >= 4 is 80.0 Å². The lowest BCUT2D eigenvalue weighted by Gasteiger charge is -2.33.